The molecule has 1 heterocycles. The fourth-order valence-electron chi connectivity index (χ4n) is 2.46. The molecule has 0 aliphatic carbocycles. The molecule has 10 heteroatoms. The van der Waals surface area contributed by atoms with E-state index in [0.717, 1.165) is 12.1 Å². The number of amides is 2. The average molecular weight is 449 g/mol. The zero-order valence-corrected chi connectivity index (χ0v) is 16.5. The van der Waals surface area contributed by atoms with Gasteiger partial charge in [0.15, 0.2) is 18.2 Å². The minimum absolute atomic E-state index is 0.0247. The van der Waals surface area contributed by atoms with Crippen molar-refractivity contribution in [3.63, 3.8) is 0 Å². The summed E-state index contributed by atoms with van der Waals surface area (Å²) in [5.41, 5.74) is 0.615. The molecule has 0 saturated carbocycles. The van der Waals surface area contributed by atoms with E-state index < -0.39 is 42.6 Å². The van der Waals surface area contributed by atoms with E-state index in [1.54, 1.807) is 30.3 Å². The first-order chi connectivity index (χ1) is 14.8. The van der Waals surface area contributed by atoms with E-state index in [-0.39, 0.29) is 11.4 Å². The van der Waals surface area contributed by atoms with Crippen molar-refractivity contribution >= 4 is 35.1 Å². The number of furan rings is 1. The third kappa shape index (κ3) is 5.89. The first-order valence-electron chi connectivity index (χ1n) is 8.87. The van der Waals surface area contributed by atoms with Crippen LogP contribution in [0, 0.1) is 11.6 Å². The van der Waals surface area contributed by atoms with Gasteiger partial charge >= 0.3 is 5.97 Å². The maximum absolute atomic E-state index is 13.1. The standard InChI is InChI=1S/C21H15ClF2N2O5/c22-14-4-2-1-3-13(14)17-7-8-18(31-17)21(29)30-11-20(28)25-10-19(27)26-12-5-6-15(23)16(24)9-12/h1-9H,10-11H2,(H,25,28)(H,26,27). The van der Waals surface area contributed by atoms with Gasteiger partial charge in [0.2, 0.25) is 11.7 Å². The van der Waals surface area contributed by atoms with Crippen LogP contribution in [0.3, 0.4) is 0 Å². The molecule has 0 aliphatic rings. The second-order valence-electron chi connectivity index (χ2n) is 6.17. The minimum Gasteiger partial charge on any atom is -0.450 e. The molecule has 0 spiro atoms. The minimum atomic E-state index is -1.12. The van der Waals surface area contributed by atoms with E-state index >= 15 is 0 Å². The number of benzene rings is 2. The lowest BCUT2D eigenvalue weighted by molar-refractivity contribution is -0.126. The van der Waals surface area contributed by atoms with Crippen LogP contribution in [0.15, 0.2) is 59.0 Å². The normalized spacial score (nSPS) is 10.4. The lowest BCUT2D eigenvalue weighted by atomic mass is 10.2. The second kappa shape index (κ2) is 9.86. The Bertz CT molecular complexity index is 1130. The SMILES string of the molecule is O=C(COC(=O)c1ccc(-c2ccccc2Cl)o1)NCC(=O)Nc1ccc(F)c(F)c1. The molecule has 31 heavy (non-hydrogen) atoms. The molecule has 0 radical (unpaired) electrons. The molecule has 3 rings (SSSR count). The Balaban J connectivity index is 1.45. The average Bonchev–Trinajstić information content (AvgIpc) is 3.23. The molecule has 0 bridgehead atoms. The number of carbonyl (C=O) groups excluding carboxylic acids is 3. The fourth-order valence-corrected chi connectivity index (χ4v) is 2.69. The summed E-state index contributed by atoms with van der Waals surface area (Å²) in [5, 5.41) is 4.96. The number of anilines is 1. The van der Waals surface area contributed by atoms with Crippen molar-refractivity contribution in [3.05, 3.63) is 77.0 Å². The number of rotatable bonds is 7. The largest absolute Gasteiger partial charge is 0.450 e. The molecule has 7 nitrogen and oxygen atoms in total. The van der Waals surface area contributed by atoms with E-state index in [1.165, 1.54) is 12.1 Å². The lowest BCUT2D eigenvalue weighted by Gasteiger charge is -2.07. The van der Waals surface area contributed by atoms with Gasteiger partial charge in [-0.1, -0.05) is 23.7 Å². The number of hydrogen-bond acceptors (Lipinski definition) is 5. The van der Waals surface area contributed by atoms with Crippen LogP contribution in [0.2, 0.25) is 5.02 Å². The summed E-state index contributed by atoms with van der Waals surface area (Å²) in [5.74, 6) is -4.24. The number of ether oxygens (including phenoxy) is 1. The molecular formula is C21H15ClF2N2O5. The molecule has 0 atom stereocenters. The number of halogens is 3. The zero-order valence-electron chi connectivity index (χ0n) is 15.8. The predicted octanol–water partition coefficient (Wildman–Crippen LogP) is 3.79. The van der Waals surface area contributed by atoms with E-state index in [9.17, 15) is 23.2 Å². The van der Waals surface area contributed by atoms with Crippen molar-refractivity contribution in [2.75, 3.05) is 18.5 Å². The Kier molecular flexibility index (Phi) is 6.99. The quantitative estimate of drug-likeness (QED) is 0.536. The molecule has 160 valence electrons. The number of esters is 1. The van der Waals surface area contributed by atoms with E-state index in [4.69, 9.17) is 20.8 Å². The summed E-state index contributed by atoms with van der Waals surface area (Å²) in [6.45, 7) is -1.12. The highest BCUT2D eigenvalue weighted by molar-refractivity contribution is 6.33. The van der Waals surface area contributed by atoms with Crippen LogP contribution in [-0.2, 0) is 14.3 Å². The summed E-state index contributed by atoms with van der Waals surface area (Å²) >= 11 is 6.08. The zero-order chi connectivity index (χ0) is 22.4. The van der Waals surface area contributed by atoms with Gasteiger partial charge in [0.05, 0.1) is 11.6 Å². The predicted molar refractivity (Wildman–Crippen MR) is 107 cm³/mol. The number of nitrogens with one attached hydrogen (secondary N) is 2. The maximum atomic E-state index is 13.1. The van der Waals surface area contributed by atoms with Gasteiger partial charge in [0, 0.05) is 17.3 Å². The first kappa shape index (κ1) is 22.0. The second-order valence-corrected chi connectivity index (χ2v) is 6.58. The summed E-state index contributed by atoms with van der Waals surface area (Å²) in [6, 6.07) is 12.6. The van der Waals surface area contributed by atoms with Gasteiger partial charge in [-0.25, -0.2) is 13.6 Å². The Morgan fingerprint density at radius 2 is 1.74 bits per heavy atom. The summed E-state index contributed by atoms with van der Waals surface area (Å²) in [4.78, 5) is 35.6. The summed E-state index contributed by atoms with van der Waals surface area (Å²) in [7, 11) is 0. The van der Waals surface area contributed by atoms with Crippen molar-refractivity contribution in [1.29, 1.82) is 0 Å². The maximum Gasteiger partial charge on any atom is 0.374 e. The number of hydrogen-bond donors (Lipinski definition) is 2. The van der Waals surface area contributed by atoms with Gasteiger partial charge in [-0.15, -0.1) is 0 Å². The van der Waals surface area contributed by atoms with Crippen molar-refractivity contribution in [2.24, 2.45) is 0 Å². The van der Waals surface area contributed by atoms with Crippen LogP contribution < -0.4 is 10.6 Å². The van der Waals surface area contributed by atoms with Gasteiger partial charge in [0.25, 0.3) is 5.91 Å². The molecule has 0 unspecified atom stereocenters. The van der Waals surface area contributed by atoms with Crippen LogP contribution in [-0.4, -0.2) is 30.9 Å². The molecule has 3 aromatic rings. The molecular weight excluding hydrogens is 434 g/mol. The Labute approximate surface area is 179 Å². The monoisotopic (exact) mass is 448 g/mol. The fraction of sp³-hybridized carbons (Fsp3) is 0.0952. The third-order valence-electron chi connectivity index (χ3n) is 3.93. The Hall–Kier alpha value is -3.72. The van der Waals surface area contributed by atoms with Crippen molar-refractivity contribution < 1.29 is 32.3 Å². The summed E-state index contributed by atoms with van der Waals surface area (Å²) in [6.07, 6.45) is 0. The Morgan fingerprint density at radius 3 is 2.48 bits per heavy atom. The van der Waals surface area contributed by atoms with Crippen molar-refractivity contribution in [2.45, 2.75) is 0 Å². The summed E-state index contributed by atoms with van der Waals surface area (Å²) < 4.78 is 36.3. The van der Waals surface area contributed by atoms with E-state index in [2.05, 4.69) is 10.6 Å². The third-order valence-corrected chi connectivity index (χ3v) is 4.26. The molecule has 0 aliphatic heterocycles. The molecule has 0 saturated heterocycles. The molecule has 1 aromatic heterocycles. The van der Waals surface area contributed by atoms with Crippen molar-refractivity contribution in [3.8, 4) is 11.3 Å². The van der Waals surface area contributed by atoms with E-state index in [1.807, 2.05) is 0 Å². The highest BCUT2D eigenvalue weighted by Crippen LogP contribution is 2.29. The van der Waals surface area contributed by atoms with Crippen molar-refractivity contribution in [1.82, 2.24) is 5.32 Å². The van der Waals surface area contributed by atoms with Crippen LogP contribution in [0.25, 0.3) is 11.3 Å². The van der Waals surface area contributed by atoms with E-state index in [0.29, 0.717) is 16.3 Å². The highest BCUT2D eigenvalue weighted by Gasteiger charge is 2.17. The van der Waals surface area contributed by atoms with Gasteiger partial charge in [-0.3, -0.25) is 9.59 Å². The topological polar surface area (TPSA) is 97.6 Å². The van der Waals surface area contributed by atoms with Crippen LogP contribution in [0.4, 0.5) is 14.5 Å². The Morgan fingerprint density at radius 1 is 0.968 bits per heavy atom. The molecule has 2 N–H and O–H groups in total. The lowest BCUT2D eigenvalue weighted by Crippen LogP contribution is -2.35. The van der Waals surface area contributed by atoms with Crippen LogP contribution in [0.1, 0.15) is 10.6 Å². The van der Waals surface area contributed by atoms with Crippen LogP contribution in [0.5, 0.6) is 0 Å². The molecule has 2 aromatic carbocycles. The van der Waals surface area contributed by atoms with Gasteiger partial charge < -0.3 is 19.8 Å². The smallest absolute Gasteiger partial charge is 0.374 e. The van der Waals surface area contributed by atoms with Gasteiger partial charge in [-0.2, -0.15) is 0 Å². The van der Waals surface area contributed by atoms with Gasteiger partial charge in [-0.05, 0) is 36.4 Å². The van der Waals surface area contributed by atoms with Gasteiger partial charge in [0.1, 0.15) is 5.76 Å². The molecule has 2 amide bonds. The number of carbonyl (C=O) groups is 3. The molecule has 0 fully saturated rings. The van der Waals surface area contributed by atoms with Crippen LogP contribution >= 0.6 is 11.6 Å². The highest BCUT2D eigenvalue weighted by atomic mass is 35.5. The first-order valence-corrected chi connectivity index (χ1v) is 9.25.